The minimum atomic E-state index is -1.30. The number of nitrogens with zero attached hydrogens (tertiary/aromatic N) is 1. The molecule has 0 heterocycles. The van der Waals surface area contributed by atoms with Crippen molar-refractivity contribution < 1.29 is 20.4 Å². The van der Waals surface area contributed by atoms with Gasteiger partial charge in [0.2, 0.25) is 0 Å². The Morgan fingerprint density at radius 3 is 2.41 bits per heavy atom. The number of aliphatic hydroxyl groups is 4. The van der Waals surface area contributed by atoms with Crippen LogP contribution in [0.1, 0.15) is 51.9 Å². The third-order valence-electron chi connectivity index (χ3n) is 6.97. The van der Waals surface area contributed by atoms with E-state index in [0.29, 0.717) is 6.42 Å². The highest BCUT2D eigenvalue weighted by molar-refractivity contribution is 5.24. The summed E-state index contributed by atoms with van der Waals surface area (Å²) in [6.07, 6.45) is 2.94. The molecule has 0 saturated heterocycles. The molecule has 3 aliphatic rings. The molecule has 6 atom stereocenters. The molecular formula is C17H31NO4. The topological polar surface area (TPSA) is 84.2 Å². The van der Waals surface area contributed by atoms with E-state index in [9.17, 15) is 20.4 Å². The second-order valence-corrected chi connectivity index (χ2v) is 8.07. The van der Waals surface area contributed by atoms with Crippen molar-refractivity contribution in [1.29, 1.82) is 0 Å². The third kappa shape index (κ3) is 2.09. The van der Waals surface area contributed by atoms with Gasteiger partial charge in [0.25, 0.3) is 0 Å². The number of hydrogen-bond acceptors (Lipinski definition) is 5. The molecule has 0 amide bonds. The maximum absolute atomic E-state index is 11.6. The van der Waals surface area contributed by atoms with Crippen LogP contribution in [0.5, 0.6) is 0 Å². The highest BCUT2D eigenvalue weighted by Crippen LogP contribution is 2.65. The van der Waals surface area contributed by atoms with Crippen molar-refractivity contribution in [3.8, 4) is 0 Å². The summed E-state index contributed by atoms with van der Waals surface area (Å²) in [7, 11) is 2.05. The second kappa shape index (κ2) is 5.42. The average molecular weight is 313 g/mol. The minimum Gasteiger partial charge on any atom is -0.390 e. The molecule has 0 aromatic rings. The molecule has 6 unspecified atom stereocenters. The Kier molecular flexibility index (Phi) is 4.10. The summed E-state index contributed by atoms with van der Waals surface area (Å²) < 4.78 is 0. The van der Waals surface area contributed by atoms with E-state index in [2.05, 4.69) is 18.9 Å². The number of fused-ring (bicyclic) bond motifs is 3. The normalized spacial score (nSPS) is 51.7. The van der Waals surface area contributed by atoms with Crippen molar-refractivity contribution in [2.24, 2.45) is 11.3 Å². The van der Waals surface area contributed by atoms with Crippen LogP contribution >= 0.6 is 0 Å². The quantitative estimate of drug-likeness (QED) is 0.610. The molecule has 3 saturated carbocycles. The Morgan fingerprint density at radius 1 is 1.05 bits per heavy atom. The third-order valence-corrected chi connectivity index (χ3v) is 6.97. The van der Waals surface area contributed by atoms with E-state index in [0.717, 1.165) is 38.8 Å². The molecule has 5 nitrogen and oxygen atoms in total. The van der Waals surface area contributed by atoms with Gasteiger partial charge in [0.15, 0.2) is 0 Å². The predicted molar refractivity (Wildman–Crippen MR) is 83.3 cm³/mol. The maximum atomic E-state index is 11.6. The van der Waals surface area contributed by atoms with Gasteiger partial charge in [-0.05, 0) is 38.8 Å². The Balaban J connectivity index is 2.02. The van der Waals surface area contributed by atoms with E-state index in [1.807, 2.05) is 0 Å². The summed E-state index contributed by atoms with van der Waals surface area (Å²) in [5, 5.41) is 43.0. The highest BCUT2D eigenvalue weighted by atomic mass is 16.4. The molecule has 4 N–H and O–H groups in total. The van der Waals surface area contributed by atoms with Crippen molar-refractivity contribution in [2.75, 3.05) is 20.1 Å². The second-order valence-electron chi connectivity index (χ2n) is 8.07. The van der Waals surface area contributed by atoms with Crippen molar-refractivity contribution in [3.05, 3.63) is 0 Å². The molecule has 3 rings (SSSR count). The Labute approximate surface area is 132 Å². The maximum Gasteiger partial charge on any atom is 0.103 e. The largest absolute Gasteiger partial charge is 0.390 e. The van der Waals surface area contributed by atoms with Gasteiger partial charge in [0, 0.05) is 24.8 Å². The average Bonchev–Trinajstić information content (AvgIpc) is 2.65. The van der Waals surface area contributed by atoms with Crippen LogP contribution in [0, 0.1) is 11.3 Å². The fourth-order valence-corrected chi connectivity index (χ4v) is 5.69. The molecule has 0 radical (unpaired) electrons. The van der Waals surface area contributed by atoms with Gasteiger partial charge in [-0.2, -0.15) is 0 Å². The molecule has 0 aliphatic heterocycles. The van der Waals surface area contributed by atoms with Crippen LogP contribution in [0.15, 0.2) is 0 Å². The molecule has 3 fully saturated rings. The van der Waals surface area contributed by atoms with Crippen molar-refractivity contribution in [3.63, 3.8) is 0 Å². The van der Waals surface area contributed by atoms with Gasteiger partial charge < -0.3 is 25.3 Å². The smallest absolute Gasteiger partial charge is 0.103 e. The molecular weight excluding hydrogens is 282 g/mol. The summed E-state index contributed by atoms with van der Waals surface area (Å²) in [6, 6.07) is 0. The Bertz CT molecular complexity index is 433. The van der Waals surface area contributed by atoms with Crippen LogP contribution < -0.4 is 0 Å². The monoisotopic (exact) mass is 313 g/mol. The van der Waals surface area contributed by atoms with Gasteiger partial charge in [-0.3, -0.25) is 0 Å². The van der Waals surface area contributed by atoms with Gasteiger partial charge >= 0.3 is 0 Å². The van der Waals surface area contributed by atoms with Crippen LogP contribution in [-0.2, 0) is 0 Å². The molecule has 0 aromatic heterocycles. The zero-order valence-corrected chi connectivity index (χ0v) is 13.8. The molecule has 128 valence electrons. The van der Waals surface area contributed by atoms with E-state index in [1.54, 1.807) is 0 Å². The first-order chi connectivity index (χ1) is 10.3. The van der Waals surface area contributed by atoms with E-state index in [-0.39, 0.29) is 24.2 Å². The van der Waals surface area contributed by atoms with Gasteiger partial charge in [0.1, 0.15) is 5.60 Å². The van der Waals surface area contributed by atoms with Crippen molar-refractivity contribution >= 4 is 0 Å². The molecule has 22 heavy (non-hydrogen) atoms. The van der Waals surface area contributed by atoms with Crippen molar-refractivity contribution in [1.82, 2.24) is 4.90 Å². The predicted octanol–water partition coefficient (Wildman–Crippen LogP) is 0.496. The zero-order valence-electron chi connectivity index (χ0n) is 13.8. The Hall–Kier alpha value is -0.200. The molecule has 0 spiro atoms. The lowest BCUT2D eigenvalue weighted by Crippen LogP contribution is -2.67. The van der Waals surface area contributed by atoms with E-state index in [1.165, 1.54) is 0 Å². The van der Waals surface area contributed by atoms with Gasteiger partial charge in [-0.1, -0.05) is 19.8 Å². The van der Waals surface area contributed by atoms with E-state index < -0.39 is 23.4 Å². The summed E-state index contributed by atoms with van der Waals surface area (Å²) in [6.45, 7) is 3.74. The number of hydrogen-bond donors (Lipinski definition) is 4. The van der Waals surface area contributed by atoms with Crippen LogP contribution in [0.4, 0.5) is 0 Å². The summed E-state index contributed by atoms with van der Waals surface area (Å²) in [5.74, 6) is 0.266. The SMILES string of the molecule is CCN(C)CC12CCCCC1CC1(O)CC(O)C(O)CC12O. The first-order valence-electron chi connectivity index (χ1n) is 8.77. The fraction of sp³-hybridized carbons (Fsp3) is 1.00. The first-order valence-corrected chi connectivity index (χ1v) is 8.77. The number of rotatable bonds is 3. The van der Waals surface area contributed by atoms with Crippen LogP contribution in [0.2, 0.25) is 0 Å². The van der Waals surface area contributed by atoms with Gasteiger partial charge in [-0.25, -0.2) is 0 Å². The van der Waals surface area contributed by atoms with E-state index in [4.69, 9.17) is 0 Å². The van der Waals surface area contributed by atoms with Gasteiger partial charge in [-0.15, -0.1) is 0 Å². The molecule has 0 bridgehead atoms. The Morgan fingerprint density at radius 2 is 1.73 bits per heavy atom. The standard InChI is InChI=1S/C17H31NO4/c1-3-18(2)11-15-7-5-4-6-12(15)8-16(21)9-13(19)14(20)10-17(15,16)22/h12-14,19-22H,3-11H2,1-2H3. The molecule has 5 heteroatoms. The lowest BCUT2D eigenvalue weighted by molar-refractivity contribution is -0.247. The van der Waals surface area contributed by atoms with Crippen LogP contribution in [-0.4, -0.2) is 68.9 Å². The lowest BCUT2D eigenvalue weighted by Gasteiger charge is -2.56. The summed E-state index contributed by atoms with van der Waals surface area (Å²) >= 11 is 0. The first kappa shape index (κ1) is 16.7. The highest BCUT2D eigenvalue weighted by Gasteiger charge is 2.73. The van der Waals surface area contributed by atoms with Crippen LogP contribution in [0.3, 0.4) is 0 Å². The minimum absolute atomic E-state index is 0.0821. The lowest BCUT2D eigenvalue weighted by atomic mass is 9.56. The summed E-state index contributed by atoms with van der Waals surface area (Å²) in [4.78, 5) is 2.21. The summed E-state index contributed by atoms with van der Waals surface area (Å²) in [5.41, 5.74) is -2.94. The number of aliphatic hydroxyl groups excluding tert-OH is 2. The van der Waals surface area contributed by atoms with E-state index >= 15 is 0 Å². The molecule has 3 aliphatic carbocycles. The molecule has 0 aromatic carbocycles. The van der Waals surface area contributed by atoms with Crippen molar-refractivity contribution in [2.45, 2.75) is 75.3 Å². The van der Waals surface area contributed by atoms with Gasteiger partial charge in [0.05, 0.1) is 17.8 Å². The fourth-order valence-electron chi connectivity index (χ4n) is 5.69. The van der Waals surface area contributed by atoms with Crippen LogP contribution in [0.25, 0.3) is 0 Å². The zero-order chi connectivity index (χ0) is 16.2.